The third kappa shape index (κ3) is 3.62. The molecule has 0 nitrogen and oxygen atoms in total. The molecule has 0 N–H and O–H groups in total. The molecule has 4 aliphatic carbocycles. The number of fused-ring (bicyclic) bond motifs is 3. The van der Waals surface area contributed by atoms with E-state index in [2.05, 4.69) is 26.0 Å². The van der Waals surface area contributed by atoms with Crippen LogP contribution in [0.3, 0.4) is 0 Å². The van der Waals surface area contributed by atoms with Crippen LogP contribution in [0.2, 0.25) is 0 Å². The van der Waals surface area contributed by atoms with Crippen molar-refractivity contribution in [3.8, 4) is 0 Å². The van der Waals surface area contributed by atoms with Gasteiger partial charge in [0.25, 0.3) is 0 Å². The van der Waals surface area contributed by atoms with E-state index in [1.807, 2.05) is 32.1 Å². The van der Waals surface area contributed by atoms with Crippen molar-refractivity contribution in [1.29, 1.82) is 0 Å². The van der Waals surface area contributed by atoms with E-state index in [1.54, 1.807) is 22.3 Å². The fourth-order valence-electron chi connectivity index (χ4n) is 4.37. The van der Waals surface area contributed by atoms with Gasteiger partial charge >= 0.3 is 0 Å². The molecule has 22 heavy (non-hydrogen) atoms. The molecule has 0 saturated heterocycles. The van der Waals surface area contributed by atoms with Crippen LogP contribution in [-0.4, -0.2) is 0 Å². The summed E-state index contributed by atoms with van der Waals surface area (Å²) in [7, 11) is 0. The van der Waals surface area contributed by atoms with E-state index in [-0.39, 0.29) is 16.8 Å². The second-order valence-corrected chi connectivity index (χ2v) is 6.89. The second kappa shape index (κ2) is 8.01. The first kappa shape index (κ1) is 18.1. The van der Waals surface area contributed by atoms with Crippen LogP contribution in [0.25, 0.3) is 0 Å². The van der Waals surface area contributed by atoms with Gasteiger partial charge in [0.15, 0.2) is 0 Å². The number of allylic oxidation sites excluding steroid dienone is 6. The molecule has 1 heteroatoms. The summed E-state index contributed by atoms with van der Waals surface area (Å²) in [6, 6.07) is 0. The quantitative estimate of drug-likeness (QED) is 0.512. The maximum Gasteiger partial charge on any atom is 0.0139 e. The summed E-state index contributed by atoms with van der Waals surface area (Å²) in [5, 5.41) is 0. The van der Waals surface area contributed by atoms with Crippen LogP contribution in [-0.2, 0) is 16.8 Å². The molecule has 0 aromatic carbocycles. The molecule has 6 radical (unpaired) electrons. The second-order valence-electron chi connectivity index (χ2n) is 6.89. The summed E-state index contributed by atoms with van der Waals surface area (Å²) in [5.41, 5.74) is 7.17. The molecule has 0 amide bonds. The zero-order valence-corrected chi connectivity index (χ0v) is 14.9. The molecule has 0 bridgehead atoms. The summed E-state index contributed by atoms with van der Waals surface area (Å²) in [4.78, 5) is 0. The maximum atomic E-state index is 2.50. The van der Waals surface area contributed by atoms with E-state index in [0.29, 0.717) is 5.41 Å². The van der Waals surface area contributed by atoms with Crippen molar-refractivity contribution < 1.29 is 16.8 Å². The van der Waals surface area contributed by atoms with Crippen LogP contribution >= 0.6 is 0 Å². The smallest absolute Gasteiger partial charge is 0.0139 e. The molecule has 4 aliphatic rings. The standard InChI is InChI=1S/C16H22.C5H5.Co/c1-12-6-5-7-13-9-10-14-8-3-4-11-16(14,2)15(12)13;1-2-4-5-3-1;/h9-10H,3-8,11H2,1-2H3;1-5H;. The van der Waals surface area contributed by atoms with Crippen LogP contribution in [0.4, 0.5) is 0 Å². The number of rotatable bonds is 0. The Labute approximate surface area is 147 Å². The molecular formula is C21H27Co. The predicted molar refractivity (Wildman–Crippen MR) is 90.8 cm³/mol. The molecule has 1 atom stereocenters. The molecule has 1 unspecified atom stereocenters. The summed E-state index contributed by atoms with van der Waals surface area (Å²) in [6.45, 7) is 4.86. The molecule has 0 spiro atoms. The minimum absolute atomic E-state index is 0. The van der Waals surface area contributed by atoms with Crippen molar-refractivity contribution >= 4 is 0 Å². The fourth-order valence-corrected chi connectivity index (χ4v) is 4.37. The minimum atomic E-state index is 0. The molecule has 120 valence electrons. The molecule has 0 heterocycles. The van der Waals surface area contributed by atoms with Gasteiger partial charge in [0.2, 0.25) is 0 Å². The van der Waals surface area contributed by atoms with Gasteiger partial charge in [0.05, 0.1) is 0 Å². The van der Waals surface area contributed by atoms with Crippen molar-refractivity contribution in [3.05, 3.63) is 66.5 Å². The summed E-state index contributed by atoms with van der Waals surface area (Å²) in [5.74, 6) is 0. The normalized spacial score (nSPS) is 30.1. The first-order valence-electron chi connectivity index (χ1n) is 8.49. The van der Waals surface area contributed by atoms with Crippen LogP contribution < -0.4 is 0 Å². The predicted octanol–water partition coefficient (Wildman–Crippen LogP) is 5.95. The van der Waals surface area contributed by atoms with E-state index in [0.717, 1.165) is 0 Å². The average Bonchev–Trinajstić information content (AvgIpc) is 3.06. The van der Waals surface area contributed by atoms with E-state index in [1.165, 1.54) is 44.9 Å². The SMILES string of the molecule is CC1=C2C(=CC=C3CCCCC32C)CCC1.[CH]1[CH][CH][CH][CH]1.[Co]. The molecular weight excluding hydrogens is 311 g/mol. The van der Waals surface area contributed by atoms with Gasteiger partial charge in [-0.05, 0) is 88.7 Å². The van der Waals surface area contributed by atoms with Crippen molar-refractivity contribution in [1.82, 2.24) is 0 Å². The van der Waals surface area contributed by atoms with Crippen molar-refractivity contribution in [2.24, 2.45) is 5.41 Å². The minimum Gasteiger partial charge on any atom is -0.0689 e. The first-order chi connectivity index (χ1) is 10.2. The van der Waals surface area contributed by atoms with E-state index >= 15 is 0 Å². The largest absolute Gasteiger partial charge is 0.0689 e. The monoisotopic (exact) mass is 338 g/mol. The van der Waals surface area contributed by atoms with E-state index < -0.39 is 0 Å². The van der Waals surface area contributed by atoms with Crippen LogP contribution in [0, 0.1) is 37.5 Å². The molecule has 2 saturated carbocycles. The van der Waals surface area contributed by atoms with Gasteiger partial charge in [-0.3, -0.25) is 0 Å². The molecule has 4 rings (SSSR count). The maximum absolute atomic E-state index is 2.50. The van der Waals surface area contributed by atoms with Gasteiger partial charge in [-0.2, -0.15) is 0 Å². The number of hydrogen-bond acceptors (Lipinski definition) is 0. The Kier molecular flexibility index (Phi) is 6.58. The zero-order chi connectivity index (χ0) is 14.7. The van der Waals surface area contributed by atoms with E-state index in [4.69, 9.17) is 0 Å². The fraction of sp³-hybridized carbons (Fsp3) is 0.476. The van der Waals surface area contributed by atoms with Gasteiger partial charge in [-0.1, -0.05) is 36.6 Å². The Morgan fingerprint density at radius 3 is 2.18 bits per heavy atom. The van der Waals surface area contributed by atoms with Gasteiger partial charge in [-0.15, -0.1) is 0 Å². The molecule has 2 fully saturated rings. The average molecular weight is 338 g/mol. The van der Waals surface area contributed by atoms with Crippen LogP contribution in [0.1, 0.15) is 58.8 Å². The third-order valence-electron chi connectivity index (χ3n) is 5.42. The molecule has 0 aromatic heterocycles. The Hall–Kier alpha value is -0.274. The topological polar surface area (TPSA) is 0 Å². The molecule has 0 aromatic rings. The van der Waals surface area contributed by atoms with Gasteiger partial charge < -0.3 is 0 Å². The Morgan fingerprint density at radius 2 is 1.50 bits per heavy atom. The van der Waals surface area contributed by atoms with Gasteiger partial charge in [0.1, 0.15) is 0 Å². The zero-order valence-electron chi connectivity index (χ0n) is 13.8. The van der Waals surface area contributed by atoms with Crippen LogP contribution in [0.15, 0.2) is 34.4 Å². The number of hydrogen-bond donors (Lipinski definition) is 0. The van der Waals surface area contributed by atoms with Crippen molar-refractivity contribution in [2.75, 3.05) is 0 Å². The van der Waals surface area contributed by atoms with E-state index in [9.17, 15) is 0 Å². The molecule has 0 aliphatic heterocycles. The summed E-state index contributed by atoms with van der Waals surface area (Å²) in [6.07, 6.45) is 24.4. The van der Waals surface area contributed by atoms with Gasteiger partial charge in [-0.25, -0.2) is 0 Å². The Morgan fingerprint density at radius 1 is 0.818 bits per heavy atom. The van der Waals surface area contributed by atoms with Crippen molar-refractivity contribution in [2.45, 2.75) is 58.8 Å². The third-order valence-corrected chi connectivity index (χ3v) is 5.42. The van der Waals surface area contributed by atoms with Crippen molar-refractivity contribution in [3.63, 3.8) is 0 Å². The Bertz CT molecular complexity index is 469. The summed E-state index contributed by atoms with van der Waals surface area (Å²) >= 11 is 0. The summed E-state index contributed by atoms with van der Waals surface area (Å²) < 4.78 is 0. The van der Waals surface area contributed by atoms with Gasteiger partial charge in [0, 0.05) is 22.2 Å². The van der Waals surface area contributed by atoms with Crippen LogP contribution in [0.5, 0.6) is 0 Å². The Balaban J connectivity index is 0.000000253. The first-order valence-corrected chi connectivity index (χ1v) is 8.49.